The Bertz CT molecular complexity index is 275. The molecule has 0 spiro atoms. The molecule has 0 fully saturated rings. The molecule has 0 aliphatic heterocycles. The third kappa shape index (κ3) is 1.65. The maximum Gasteiger partial charge on any atom is 0.183 e. The second-order valence-corrected chi connectivity index (χ2v) is 2.83. The van der Waals surface area contributed by atoms with Gasteiger partial charge in [0.05, 0.1) is 11.2 Å². The van der Waals surface area contributed by atoms with Crippen molar-refractivity contribution in [1.29, 1.82) is 0 Å². The predicted molar refractivity (Wildman–Crippen MR) is 46.2 cm³/mol. The van der Waals surface area contributed by atoms with Crippen LogP contribution < -0.4 is 5.73 Å². The summed E-state index contributed by atoms with van der Waals surface area (Å²) in [6.45, 7) is 0.334. The molecule has 1 aromatic rings. The van der Waals surface area contributed by atoms with Gasteiger partial charge in [-0.05, 0) is 6.54 Å². The highest BCUT2D eigenvalue weighted by Crippen LogP contribution is 2.15. The topological polar surface area (TPSA) is 60.9 Å². The molecule has 0 aromatic carbocycles. The first-order chi connectivity index (χ1) is 5.66. The van der Waals surface area contributed by atoms with Gasteiger partial charge in [-0.3, -0.25) is 9.48 Å². The molecule has 0 amide bonds. The molecule has 5 heteroatoms. The summed E-state index contributed by atoms with van der Waals surface area (Å²) >= 11 is 5.73. The fraction of sp³-hybridized carbons (Fsp3) is 0.429. The minimum Gasteiger partial charge on any atom is -0.330 e. The maximum atomic E-state index is 11.3. The van der Waals surface area contributed by atoms with Crippen LogP contribution in [0.2, 0.25) is 5.02 Å². The smallest absolute Gasteiger partial charge is 0.183 e. The Morgan fingerprint density at radius 1 is 1.83 bits per heavy atom. The van der Waals surface area contributed by atoms with E-state index >= 15 is 0 Å². The van der Waals surface area contributed by atoms with E-state index in [0.717, 1.165) is 0 Å². The third-order valence-electron chi connectivity index (χ3n) is 1.53. The van der Waals surface area contributed by atoms with E-state index in [9.17, 15) is 4.79 Å². The Balaban J connectivity index is 2.93. The summed E-state index contributed by atoms with van der Waals surface area (Å²) in [5.41, 5.74) is 5.67. The first-order valence-electron chi connectivity index (χ1n) is 3.57. The molecule has 66 valence electrons. The number of hydrogen-bond donors (Lipinski definition) is 1. The molecule has 0 saturated carbocycles. The molecular weight excluding hydrogens is 178 g/mol. The van der Waals surface area contributed by atoms with Crippen molar-refractivity contribution in [2.75, 3.05) is 6.54 Å². The van der Waals surface area contributed by atoms with Crippen molar-refractivity contribution in [2.24, 2.45) is 12.8 Å². The molecule has 0 radical (unpaired) electrons. The number of ketones is 1. The number of carbonyl (C=O) groups excluding carboxylic acids is 1. The summed E-state index contributed by atoms with van der Waals surface area (Å²) in [5.74, 6) is -0.0671. The van der Waals surface area contributed by atoms with Gasteiger partial charge in [-0.1, -0.05) is 11.6 Å². The molecule has 0 atom stereocenters. The molecule has 1 rings (SSSR count). The van der Waals surface area contributed by atoms with E-state index in [0.29, 0.717) is 23.7 Å². The Morgan fingerprint density at radius 3 is 2.92 bits per heavy atom. The van der Waals surface area contributed by atoms with Crippen molar-refractivity contribution < 1.29 is 4.79 Å². The largest absolute Gasteiger partial charge is 0.330 e. The zero-order valence-corrected chi connectivity index (χ0v) is 7.51. The van der Waals surface area contributed by atoms with E-state index in [1.807, 2.05) is 0 Å². The normalized spacial score (nSPS) is 10.2. The number of carbonyl (C=O) groups is 1. The summed E-state index contributed by atoms with van der Waals surface area (Å²) in [5, 5.41) is 4.23. The van der Waals surface area contributed by atoms with Gasteiger partial charge in [0, 0.05) is 13.5 Å². The number of nitrogens with zero attached hydrogens (tertiary/aromatic N) is 2. The van der Waals surface area contributed by atoms with Gasteiger partial charge in [0.15, 0.2) is 5.78 Å². The molecule has 0 bridgehead atoms. The molecule has 0 unspecified atom stereocenters. The van der Waals surface area contributed by atoms with Crippen LogP contribution in [0.25, 0.3) is 0 Å². The fourth-order valence-corrected chi connectivity index (χ4v) is 1.25. The molecular formula is C7H10ClN3O. The lowest BCUT2D eigenvalue weighted by atomic mass is 10.2. The molecule has 0 aliphatic rings. The molecule has 0 aliphatic carbocycles. The van der Waals surface area contributed by atoms with E-state index in [-0.39, 0.29) is 5.78 Å². The van der Waals surface area contributed by atoms with E-state index in [1.165, 1.54) is 10.9 Å². The van der Waals surface area contributed by atoms with Crippen molar-refractivity contribution in [1.82, 2.24) is 9.78 Å². The molecule has 1 aromatic heterocycles. The average molecular weight is 188 g/mol. The van der Waals surface area contributed by atoms with E-state index < -0.39 is 0 Å². The van der Waals surface area contributed by atoms with E-state index in [4.69, 9.17) is 17.3 Å². The zero-order chi connectivity index (χ0) is 9.14. The predicted octanol–water partition coefficient (Wildman–Crippen LogP) is 0.605. The van der Waals surface area contributed by atoms with Crippen LogP contribution in [0, 0.1) is 0 Å². The van der Waals surface area contributed by atoms with E-state index in [1.54, 1.807) is 7.05 Å². The van der Waals surface area contributed by atoms with E-state index in [2.05, 4.69) is 5.10 Å². The second-order valence-electron chi connectivity index (χ2n) is 2.43. The highest BCUT2D eigenvalue weighted by atomic mass is 35.5. The van der Waals surface area contributed by atoms with Crippen molar-refractivity contribution in [3.05, 3.63) is 16.9 Å². The highest BCUT2D eigenvalue weighted by Gasteiger charge is 2.13. The van der Waals surface area contributed by atoms with Gasteiger partial charge in [0.2, 0.25) is 0 Å². The summed E-state index contributed by atoms with van der Waals surface area (Å²) in [6.07, 6.45) is 1.75. The third-order valence-corrected chi connectivity index (χ3v) is 1.81. The molecule has 12 heavy (non-hydrogen) atoms. The minimum atomic E-state index is -0.0671. The first-order valence-corrected chi connectivity index (χ1v) is 3.95. The van der Waals surface area contributed by atoms with Crippen molar-refractivity contribution in [2.45, 2.75) is 6.42 Å². The lowest BCUT2D eigenvalue weighted by molar-refractivity contribution is 0.0976. The Hall–Kier alpha value is -0.870. The monoisotopic (exact) mass is 187 g/mol. The first kappa shape index (κ1) is 9.22. The van der Waals surface area contributed by atoms with Crippen LogP contribution in [0.3, 0.4) is 0 Å². The quantitative estimate of drug-likeness (QED) is 0.706. The van der Waals surface area contributed by atoms with Gasteiger partial charge >= 0.3 is 0 Å². The van der Waals surface area contributed by atoms with Gasteiger partial charge < -0.3 is 5.73 Å². The number of hydrogen-bond acceptors (Lipinski definition) is 3. The van der Waals surface area contributed by atoms with Crippen LogP contribution in [0.15, 0.2) is 6.20 Å². The maximum absolute atomic E-state index is 11.3. The van der Waals surface area contributed by atoms with Gasteiger partial charge in [0.1, 0.15) is 5.69 Å². The lowest BCUT2D eigenvalue weighted by Crippen LogP contribution is -2.12. The number of aromatic nitrogens is 2. The number of halogens is 1. The van der Waals surface area contributed by atoms with Crippen LogP contribution in [0.1, 0.15) is 16.9 Å². The van der Waals surface area contributed by atoms with Gasteiger partial charge in [0.25, 0.3) is 0 Å². The van der Waals surface area contributed by atoms with Crippen molar-refractivity contribution in [3.63, 3.8) is 0 Å². The van der Waals surface area contributed by atoms with Crippen LogP contribution in [0.5, 0.6) is 0 Å². The van der Waals surface area contributed by atoms with Crippen molar-refractivity contribution >= 4 is 17.4 Å². The Morgan fingerprint density at radius 2 is 2.50 bits per heavy atom. The molecule has 2 N–H and O–H groups in total. The average Bonchev–Trinajstić information content (AvgIpc) is 2.32. The van der Waals surface area contributed by atoms with Crippen molar-refractivity contribution in [3.8, 4) is 0 Å². The molecule has 4 nitrogen and oxygen atoms in total. The summed E-state index contributed by atoms with van der Waals surface area (Å²) in [7, 11) is 1.68. The van der Waals surface area contributed by atoms with Crippen LogP contribution >= 0.6 is 11.6 Å². The number of aryl methyl sites for hydroxylation is 1. The number of Topliss-reactive ketones (excluding diaryl/α,β-unsaturated/α-hetero) is 1. The van der Waals surface area contributed by atoms with Crippen LogP contribution in [-0.4, -0.2) is 22.1 Å². The number of nitrogens with two attached hydrogens (primary N) is 1. The minimum absolute atomic E-state index is 0.0671. The summed E-state index contributed by atoms with van der Waals surface area (Å²) in [6, 6.07) is 0. The van der Waals surface area contributed by atoms with Gasteiger partial charge in [-0.2, -0.15) is 5.10 Å². The van der Waals surface area contributed by atoms with Crippen LogP contribution in [-0.2, 0) is 7.05 Å². The SMILES string of the molecule is Cn1ncc(Cl)c1C(=O)CCN. The molecule has 1 heterocycles. The lowest BCUT2D eigenvalue weighted by Gasteiger charge is -1.99. The fourth-order valence-electron chi connectivity index (χ4n) is 0.974. The number of rotatable bonds is 3. The van der Waals surface area contributed by atoms with Gasteiger partial charge in [-0.25, -0.2) is 0 Å². The summed E-state index contributed by atoms with van der Waals surface area (Å²) < 4.78 is 1.46. The second kappa shape index (κ2) is 3.69. The summed E-state index contributed by atoms with van der Waals surface area (Å²) in [4.78, 5) is 11.3. The molecule has 0 saturated heterocycles. The zero-order valence-electron chi connectivity index (χ0n) is 6.75. The highest BCUT2D eigenvalue weighted by molar-refractivity contribution is 6.33. The Labute approximate surface area is 75.3 Å². The van der Waals surface area contributed by atoms with Crippen LogP contribution in [0.4, 0.5) is 0 Å². The standard InChI is InChI=1S/C7H10ClN3O/c1-11-7(5(8)4-10-11)6(12)2-3-9/h4H,2-3,9H2,1H3. The Kier molecular flexibility index (Phi) is 2.83. The van der Waals surface area contributed by atoms with Gasteiger partial charge in [-0.15, -0.1) is 0 Å².